The zero-order valence-electron chi connectivity index (χ0n) is 30.3. The van der Waals surface area contributed by atoms with E-state index in [1.165, 1.54) is 10.8 Å². The van der Waals surface area contributed by atoms with Crippen LogP contribution >= 0.6 is 0 Å². The minimum atomic E-state index is 0.507. The average molecular weight is 725 g/mol. The Morgan fingerprint density at radius 1 is 0.333 bits per heavy atom. The fraction of sp³-hybridized carbons (Fsp3) is 0. The Morgan fingerprint density at radius 3 is 1.42 bits per heavy atom. The molecule has 3 heterocycles. The molecule has 8 aromatic carbocycles. The molecule has 6 nitrogen and oxygen atoms in total. The van der Waals surface area contributed by atoms with E-state index in [2.05, 4.69) is 147 Å². The molecule has 0 spiro atoms. The third kappa shape index (κ3) is 4.61. The Kier molecular flexibility index (Phi) is 6.95. The molecule has 0 N–H and O–H groups in total. The van der Waals surface area contributed by atoms with E-state index >= 15 is 0 Å². The van der Waals surface area contributed by atoms with Gasteiger partial charge in [0.25, 0.3) is 0 Å². The quantitative estimate of drug-likeness (QED) is 0.181. The van der Waals surface area contributed by atoms with Gasteiger partial charge in [0.05, 0.1) is 73.3 Å². The molecule has 3 aromatic heterocycles. The van der Waals surface area contributed by atoms with Gasteiger partial charge in [-0.15, -0.1) is 0 Å². The van der Waals surface area contributed by atoms with Gasteiger partial charge in [0.2, 0.25) is 0 Å². The van der Waals surface area contributed by atoms with Crippen LogP contribution in [0.2, 0.25) is 0 Å². The third-order valence-corrected chi connectivity index (χ3v) is 11.3. The predicted octanol–water partition coefficient (Wildman–Crippen LogP) is 12.3. The molecule has 0 radical (unpaired) electrons. The molecule has 0 saturated heterocycles. The molecule has 57 heavy (non-hydrogen) atoms. The number of benzene rings is 8. The molecule has 11 aromatic rings. The first-order valence-corrected chi connectivity index (χ1v) is 18.7. The summed E-state index contributed by atoms with van der Waals surface area (Å²) in [5.74, 6) is 0. The van der Waals surface area contributed by atoms with Gasteiger partial charge < -0.3 is 13.7 Å². The van der Waals surface area contributed by atoms with Crippen LogP contribution in [0.3, 0.4) is 0 Å². The lowest BCUT2D eigenvalue weighted by atomic mass is 9.98. The van der Waals surface area contributed by atoms with Gasteiger partial charge in [-0.05, 0) is 84.9 Å². The highest BCUT2D eigenvalue weighted by molar-refractivity contribution is 6.14. The lowest BCUT2D eigenvalue weighted by Gasteiger charge is -2.19. The lowest BCUT2D eigenvalue weighted by molar-refractivity contribution is 1.15. The first-order valence-electron chi connectivity index (χ1n) is 18.7. The maximum absolute atomic E-state index is 10.7. The zero-order valence-corrected chi connectivity index (χ0v) is 30.3. The summed E-state index contributed by atoms with van der Waals surface area (Å²) < 4.78 is 6.80. The SMILES string of the molecule is N#Cc1ccc2c(c1)c1cc(C#N)ccc1n2-c1c(C#N)cccc1-c1ccccc1-n1c2ccccc2c2cc(-n3c4ccccc4c4ccccc43)ccc21. The summed E-state index contributed by atoms with van der Waals surface area (Å²) >= 11 is 0. The fourth-order valence-electron chi connectivity index (χ4n) is 8.95. The molecule has 0 aliphatic heterocycles. The van der Waals surface area contributed by atoms with E-state index in [4.69, 9.17) is 0 Å². The molecule has 0 atom stereocenters. The Morgan fingerprint density at radius 2 is 0.807 bits per heavy atom. The monoisotopic (exact) mass is 724 g/mol. The molecule has 262 valence electrons. The Labute approximate surface area is 326 Å². The molecule has 0 unspecified atom stereocenters. The first-order chi connectivity index (χ1) is 28.2. The van der Waals surface area contributed by atoms with E-state index in [0.717, 1.165) is 82.8 Å². The topological polar surface area (TPSA) is 86.2 Å². The summed E-state index contributed by atoms with van der Waals surface area (Å²) in [5.41, 5.74) is 12.3. The standard InChI is InChI=1S/C51H28N6/c52-29-32-20-23-49-41(26-32)42-27-33(30-53)21-24-50(42)57(49)51-34(31-54)10-9-15-40(51)38-13-3-7-18-46(38)56-47-19-8-4-14-39(47)43-28-35(22-25-48(43)56)55-44-16-5-1-11-36(44)37-12-2-6-17-45(37)55/h1-28H. The van der Waals surface area contributed by atoms with Crippen LogP contribution in [0.5, 0.6) is 0 Å². The molecule has 0 aliphatic carbocycles. The van der Waals surface area contributed by atoms with Crippen molar-refractivity contribution in [3.05, 3.63) is 187 Å². The summed E-state index contributed by atoms with van der Waals surface area (Å²) in [6.07, 6.45) is 0. The van der Waals surface area contributed by atoms with Crippen molar-refractivity contribution in [2.24, 2.45) is 0 Å². The Hall–Kier alpha value is -8.37. The van der Waals surface area contributed by atoms with Gasteiger partial charge >= 0.3 is 0 Å². The number of nitrogens with zero attached hydrogens (tertiary/aromatic N) is 6. The van der Waals surface area contributed by atoms with E-state index < -0.39 is 0 Å². The third-order valence-electron chi connectivity index (χ3n) is 11.3. The van der Waals surface area contributed by atoms with Gasteiger partial charge in [0.15, 0.2) is 0 Å². The number of hydrogen-bond donors (Lipinski definition) is 0. The van der Waals surface area contributed by atoms with Crippen LogP contribution in [-0.2, 0) is 0 Å². The van der Waals surface area contributed by atoms with Crippen molar-refractivity contribution in [1.82, 2.24) is 13.7 Å². The second-order valence-electron chi connectivity index (χ2n) is 14.3. The molecule has 11 rings (SSSR count). The summed E-state index contributed by atoms with van der Waals surface area (Å²) in [5, 5.41) is 36.8. The normalized spacial score (nSPS) is 11.5. The van der Waals surface area contributed by atoms with Crippen LogP contribution in [0.15, 0.2) is 170 Å². The van der Waals surface area contributed by atoms with Crippen molar-refractivity contribution >= 4 is 65.4 Å². The molecule has 0 fully saturated rings. The Bertz CT molecular complexity index is 3500. The van der Waals surface area contributed by atoms with Crippen molar-refractivity contribution in [1.29, 1.82) is 15.8 Å². The maximum Gasteiger partial charge on any atom is 0.101 e. The van der Waals surface area contributed by atoms with Gasteiger partial charge in [-0.3, -0.25) is 0 Å². The summed E-state index contributed by atoms with van der Waals surface area (Å²) in [7, 11) is 0. The van der Waals surface area contributed by atoms with E-state index in [9.17, 15) is 15.8 Å². The largest absolute Gasteiger partial charge is 0.309 e. The van der Waals surface area contributed by atoms with Crippen LogP contribution in [0.1, 0.15) is 16.7 Å². The number of aromatic nitrogens is 3. The second-order valence-corrected chi connectivity index (χ2v) is 14.3. The molecule has 0 bridgehead atoms. The highest BCUT2D eigenvalue weighted by Gasteiger charge is 2.23. The summed E-state index contributed by atoms with van der Waals surface area (Å²) in [6.45, 7) is 0. The van der Waals surface area contributed by atoms with Crippen molar-refractivity contribution < 1.29 is 0 Å². The summed E-state index contributed by atoms with van der Waals surface area (Å²) in [4.78, 5) is 0. The van der Waals surface area contributed by atoms with E-state index in [0.29, 0.717) is 16.7 Å². The molecule has 0 aliphatic rings. The maximum atomic E-state index is 10.7. The number of fused-ring (bicyclic) bond motifs is 9. The number of para-hydroxylation sites is 5. The van der Waals surface area contributed by atoms with Gasteiger partial charge in [0, 0.05) is 49.1 Å². The van der Waals surface area contributed by atoms with Crippen molar-refractivity contribution in [2.45, 2.75) is 0 Å². The Balaban J connectivity index is 1.19. The second kappa shape index (κ2) is 12.3. The molecular formula is C51H28N6. The zero-order chi connectivity index (χ0) is 38.2. The van der Waals surface area contributed by atoms with E-state index in [1.54, 1.807) is 12.1 Å². The van der Waals surface area contributed by atoms with Crippen LogP contribution in [0, 0.1) is 34.0 Å². The van der Waals surface area contributed by atoms with Gasteiger partial charge in [-0.25, -0.2) is 0 Å². The minimum absolute atomic E-state index is 0.507. The van der Waals surface area contributed by atoms with Crippen LogP contribution in [0.25, 0.3) is 93.6 Å². The van der Waals surface area contributed by atoms with Crippen molar-refractivity contribution in [2.75, 3.05) is 0 Å². The molecule has 0 amide bonds. The van der Waals surface area contributed by atoms with Crippen LogP contribution in [-0.4, -0.2) is 13.7 Å². The molecule has 0 saturated carbocycles. The van der Waals surface area contributed by atoms with Gasteiger partial charge in [-0.1, -0.05) is 84.9 Å². The number of rotatable bonds is 4. The van der Waals surface area contributed by atoms with E-state index in [1.807, 2.05) is 42.5 Å². The predicted molar refractivity (Wildman–Crippen MR) is 229 cm³/mol. The highest BCUT2D eigenvalue weighted by Crippen LogP contribution is 2.43. The molecular weight excluding hydrogens is 697 g/mol. The van der Waals surface area contributed by atoms with Crippen molar-refractivity contribution in [3.63, 3.8) is 0 Å². The highest BCUT2D eigenvalue weighted by atomic mass is 15.0. The van der Waals surface area contributed by atoms with Gasteiger partial charge in [0.1, 0.15) is 6.07 Å². The number of nitriles is 3. The van der Waals surface area contributed by atoms with Gasteiger partial charge in [-0.2, -0.15) is 15.8 Å². The molecule has 6 heteroatoms. The fourth-order valence-corrected chi connectivity index (χ4v) is 8.95. The van der Waals surface area contributed by atoms with Crippen LogP contribution < -0.4 is 0 Å². The smallest absolute Gasteiger partial charge is 0.101 e. The lowest BCUT2D eigenvalue weighted by Crippen LogP contribution is -2.03. The first kappa shape index (κ1) is 32.1. The minimum Gasteiger partial charge on any atom is -0.309 e. The van der Waals surface area contributed by atoms with Crippen LogP contribution in [0.4, 0.5) is 0 Å². The van der Waals surface area contributed by atoms with E-state index in [-0.39, 0.29) is 0 Å². The number of hydrogen-bond acceptors (Lipinski definition) is 3. The average Bonchev–Trinajstić information content (AvgIpc) is 3.90. The summed E-state index contributed by atoms with van der Waals surface area (Å²) in [6, 6.07) is 64.9. The van der Waals surface area contributed by atoms with Crippen molar-refractivity contribution in [3.8, 4) is 46.4 Å².